The summed E-state index contributed by atoms with van der Waals surface area (Å²) in [6.07, 6.45) is 0. The van der Waals surface area contributed by atoms with Crippen LogP contribution in [0.5, 0.6) is 0 Å². The molecule has 3 nitrogen and oxygen atoms in total. The highest BCUT2D eigenvalue weighted by atomic mass is 19.1. The third-order valence-electron chi connectivity index (χ3n) is 2.37. The third kappa shape index (κ3) is 4.48. The molecule has 0 aliphatic heterocycles. The smallest absolute Gasteiger partial charge is 0.216 e. The second-order valence-corrected chi connectivity index (χ2v) is 3.82. The summed E-state index contributed by atoms with van der Waals surface area (Å²) in [5.74, 6) is -1.01. The van der Waals surface area contributed by atoms with E-state index in [0.717, 1.165) is 12.1 Å². The summed E-state index contributed by atoms with van der Waals surface area (Å²) < 4.78 is 26.3. The fourth-order valence-electron chi connectivity index (χ4n) is 1.48. The van der Waals surface area contributed by atoms with Crippen LogP contribution >= 0.6 is 0 Å². The van der Waals surface area contributed by atoms with E-state index in [4.69, 9.17) is 0 Å². The fourth-order valence-corrected chi connectivity index (χ4v) is 1.48. The molecule has 1 unspecified atom stereocenters. The Morgan fingerprint density at radius 2 is 2.06 bits per heavy atom. The molecule has 0 fully saturated rings. The van der Waals surface area contributed by atoms with Gasteiger partial charge in [0.25, 0.3) is 0 Å². The maximum absolute atomic E-state index is 13.4. The minimum Gasteiger partial charge on any atom is -0.355 e. The Hall–Kier alpha value is -1.49. The zero-order chi connectivity index (χ0) is 12.8. The summed E-state index contributed by atoms with van der Waals surface area (Å²) in [5, 5.41) is 5.61. The Balaban J connectivity index is 2.49. The van der Waals surface area contributed by atoms with Gasteiger partial charge in [-0.25, -0.2) is 8.78 Å². The molecule has 0 aliphatic rings. The quantitative estimate of drug-likeness (QED) is 0.772. The van der Waals surface area contributed by atoms with E-state index in [9.17, 15) is 13.6 Å². The van der Waals surface area contributed by atoms with Crippen molar-refractivity contribution in [3.8, 4) is 0 Å². The van der Waals surface area contributed by atoms with Crippen molar-refractivity contribution < 1.29 is 13.6 Å². The number of benzene rings is 1. The number of hydrogen-bond acceptors (Lipinski definition) is 2. The number of nitrogens with one attached hydrogen (secondary N) is 2. The lowest BCUT2D eigenvalue weighted by atomic mass is 10.1. The second-order valence-electron chi connectivity index (χ2n) is 3.82. The van der Waals surface area contributed by atoms with Gasteiger partial charge in [-0.15, -0.1) is 0 Å². The molecule has 0 spiro atoms. The van der Waals surface area contributed by atoms with Crippen LogP contribution in [0.4, 0.5) is 8.78 Å². The maximum atomic E-state index is 13.4. The minimum atomic E-state index is -0.461. The first-order valence-electron chi connectivity index (χ1n) is 5.43. The van der Waals surface area contributed by atoms with E-state index in [1.54, 1.807) is 6.92 Å². The van der Waals surface area contributed by atoms with Crippen molar-refractivity contribution in [1.29, 1.82) is 0 Å². The van der Waals surface area contributed by atoms with E-state index in [1.165, 1.54) is 13.0 Å². The van der Waals surface area contributed by atoms with Gasteiger partial charge in [0.2, 0.25) is 5.91 Å². The minimum absolute atomic E-state index is 0.114. The molecule has 17 heavy (non-hydrogen) atoms. The van der Waals surface area contributed by atoms with Crippen LogP contribution in [-0.2, 0) is 4.79 Å². The number of carbonyl (C=O) groups is 1. The second kappa shape index (κ2) is 6.30. The molecule has 0 saturated carbocycles. The van der Waals surface area contributed by atoms with E-state index in [0.29, 0.717) is 13.1 Å². The largest absolute Gasteiger partial charge is 0.355 e. The molecule has 2 N–H and O–H groups in total. The number of halogens is 2. The molecule has 1 aromatic carbocycles. The van der Waals surface area contributed by atoms with Gasteiger partial charge in [-0.05, 0) is 25.1 Å². The first-order chi connectivity index (χ1) is 8.00. The van der Waals surface area contributed by atoms with Crippen LogP contribution in [0.15, 0.2) is 18.2 Å². The highest BCUT2D eigenvalue weighted by Crippen LogP contribution is 2.17. The molecule has 1 rings (SSSR count). The molecule has 0 aromatic heterocycles. The average Bonchev–Trinajstić information content (AvgIpc) is 2.27. The summed E-state index contributed by atoms with van der Waals surface area (Å²) in [4.78, 5) is 10.6. The van der Waals surface area contributed by atoms with Crippen LogP contribution in [0.1, 0.15) is 25.5 Å². The molecule has 0 radical (unpaired) electrons. The number of amides is 1. The van der Waals surface area contributed by atoms with Crippen molar-refractivity contribution >= 4 is 5.91 Å². The Labute approximate surface area is 99.2 Å². The molecule has 0 heterocycles. The molecular weight excluding hydrogens is 226 g/mol. The molecule has 0 aliphatic carbocycles. The summed E-state index contributed by atoms with van der Waals surface area (Å²) in [6.45, 7) is 4.12. The average molecular weight is 242 g/mol. The number of carbonyl (C=O) groups excluding carboxylic acids is 1. The fraction of sp³-hybridized carbons (Fsp3) is 0.417. The van der Waals surface area contributed by atoms with Gasteiger partial charge in [-0.1, -0.05) is 0 Å². The summed E-state index contributed by atoms with van der Waals surface area (Å²) in [5.41, 5.74) is 0.285. The van der Waals surface area contributed by atoms with Gasteiger partial charge in [0.15, 0.2) is 0 Å². The van der Waals surface area contributed by atoms with Gasteiger partial charge >= 0.3 is 0 Å². The predicted octanol–water partition coefficient (Wildman–Crippen LogP) is 1.75. The molecule has 1 aromatic rings. The zero-order valence-electron chi connectivity index (χ0n) is 9.89. The summed E-state index contributed by atoms with van der Waals surface area (Å²) >= 11 is 0. The summed E-state index contributed by atoms with van der Waals surface area (Å²) in [7, 11) is 0. The van der Waals surface area contributed by atoms with E-state index < -0.39 is 11.6 Å². The molecule has 0 bridgehead atoms. The van der Waals surface area contributed by atoms with Crippen LogP contribution in [0, 0.1) is 11.6 Å². The Morgan fingerprint density at radius 3 is 2.71 bits per heavy atom. The lowest BCUT2D eigenvalue weighted by Crippen LogP contribution is -2.31. The third-order valence-corrected chi connectivity index (χ3v) is 2.37. The first-order valence-corrected chi connectivity index (χ1v) is 5.43. The van der Waals surface area contributed by atoms with E-state index >= 15 is 0 Å². The normalized spacial score (nSPS) is 12.2. The van der Waals surface area contributed by atoms with Gasteiger partial charge in [0.1, 0.15) is 11.6 Å². The molecule has 94 valence electrons. The Kier molecular flexibility index (Phi) is 5.03. The van der Waals surface area contributed by atoms with Gasteiger partial charge in [0.05, 0.1) is 0 Å². The maximum Gasteiger partial charge on any atom is 0.216 e. The summed E-state index contributed by atoms with van der Waals surface area (Å²) in [6, 6.07) is 3.06. The topological polar surface area (TPSA) is 41.1 Å². The monoisotopic (exact) mass is 242 g/mol. The van der Waals surface area contributed by atoms with E-state index in [1.807, 2.05) is 0 Å². The van der Waals surface area contributed by atoms with Crippen LogP contribution in [0.3, 0.4) is 0 Å². The van der Waals surface area contributed by atoms with Gasteiger partial charge < -0.3 is 10.6 Å². The van der Waals surface area contributed by atoms with Crippen molar-refractivity contribution in [1.82, 2.24) is 10.6 Å². The molecule has 0 saturated heterocycles. The van der Waals surface area contributed by atoms with Crippen molar-refractivity contribution in [3.05, 3.63) is 35.4 Å². The van der Waals surface area contributed by atoms with Crippen LogP contribution in [0.2, 0.25) is 0 Å². The van der Waals surface area contributed by atoms with Gasteiger partial charge in [-0.2, -0.15) is 0 Å². The van der Waals surface area contributed by atoms with Crippen LogP contribution in [-0.4, -0.2) is 19.0 Å². The molecule has 5 heteroatoms. The first kappa shape index (κ1) is 13.6. The number of hydrogen-bond donors (Lipinski definition) is 2. The van der Waals surface area contributed by atoms with E-state index in [2.05, 4.69) is 10.6 Å². The lowest BCUT2D eigenvalue weighted by Gasteiger charge is -2.15. The zero-order valence-corrected chi connectivity index (χ0v) is 9.89. The van der Waals surface area contributed by atoms with Crippen LogP contribution in [0.25, 0.3) is 0 Å². The highest BCUT2D eigenvalue weighted by molar-refractivity contribution is 5.72. The number of rotatable bonds is 5. The van der Waals surface area contributed by atoms with Crippen LogP contribution < -0.4 is 10.6 Å². The van der Waals surface area contributed by atoms with Gasteiger partial charge in [-0.3, -0.25) is 4.79 Å². The molecule has 1 atom stereocenters. The molecular formula is C12H16F2N2O. The van der Waals surface area contributed by atoms with Crippen molar-refractivity contribution in [3.63, 3.8) is 0 Å². The SMILES string of the molecule is CC(=O)NCCNC(C)c1cc(F)ccc1F. The highest BCUT2D eigenvalue weighted by Gasteiger charge is 2.11. The van der Waals surface area contributed by atoms with Gasteiger partial charge in [0, 0.05) is 31.6 Å². The van der Waals surface area contributed by atoms with E-state index in [-0.39, 0.29) is 17.5 Å². The standard InChI is InChI=1S/C12H16F2N2O/c1-8(15-5-6-16-9(2)17)11-7-10(13)3-4-12(11)14/h3-4,7-8,15H,5-6H2,1-2H3,(H,16,17). The predicted molar refractivity (Wildman–Crippen MR) is 61.5 cm³/mol. The molecule has 1 amide bonds. The lowest BCUT2D eigenvalue weighted by molar-refractivity contribution is -0.118. The Bertz CT molecular complexity index is 396. The van der Waals surface area contributed by atoms with Crippen molar-refractivity contribution in [2.75, 3.05) is 13.1 Å². The van der Waals surface area contributed by atoms with Crippen molar-refractivity contribution in [2.45, 2.75) is 19.9 Å². The Morgan fingerprint density at radius 1 is 1.35 bits per heavy atom. The van der Waals surface area contributed by atoms with Crippen molar-refractivity contribution in [2.24, 2.45) is 0 Å².